The van der Waals surface area contributed by atoms with Gasteiger partial charge in [-0.2, -0.15) is 5.10 Å². The first-order valence-electron chi connectivity index (χ1n) is 7.16. The topological polar surface area (TPSA) is 34.9 Å². The van der Waals surface area contributed by atoms with Crippen molar-refractivity contribution >= 4 is 17.4 Å². The minimum Gasteiger partial charge on any atom is -0.294 e. The third-order valence-electron chi connectivity index (χ3n) is 3.94. The van der Waals surface area contributed by atoms with Crippen LogP contribution < -0.4 is 0 Å². The molecule has 1 fully saturated rings. The second-order valence-corrected chi connectivity index (χ2v) is 5.89. The lowest BCUT2D eigenvalue weighted by atomic mass is 10.1. The molecule has 0 unspecified atom stereocenters. The van der Waals surface area contributed by atoms with Crippen molar-refractivity contribution in [2.75, 3.05) is 0 Å². The Labute approximate surface area is 127 Å². The average Bonchev–Trinajstić information content (AvgIpc) is 3.08. The molecule has 110 valence electrons. The standard InChI is InChI=1S/C16H16ClFN2O/c17-11-5-6-14(15(18)9-11)16(21)10-12-7-8-20(19-12)13-3-1-2-4-13/h5-9,13H,1-4,10H2. The third-order valence-corrected chi connectivity index (χ3v) is 4.17. The minimum absolute atomic E-state index is 0.0646. The Morgan fingerprint density at radius 3 is 2.81 bits per heavy atom. The van der Waals surface area contributed by atoms with E-state index in [1.807, 2.05) is 16.9 Å². The zero-order valence-corrected chi connectivity index (χ0v) is 12.3. The van der Waals surface area contributed by atoms with Crippen molar-refractivity contribution in [3.63, 3.8) is 0 Å². The molecule has 1 aromatic heterocycles. The molecule has 3 rings (SSSR count). The number of benzene rings is 1. The summed E-state index contributed by atoms with van der Waals surface area (Å²) in [7, 11) is 0. The van der Waals surface area contributed by atoms with Crippen molar-refractivity contribution in [2.24, 2.45) is 0 Å². The molecule has 1 aliphatic rings. The van der Waals surface area contributed by atoms with E-state index < -0.39 is 5.82 Å². The summed E-state index contributed by atoms with van der Waals surface area (Å²) < 4.78 is 15.7. The van der Waals surface area contributed by atoms with Crippen molar-refractivity contribution in [3.8, 4) is 0 Å². The molecular formula is C16H16ClFN2O. The quantitative estimate of drug-likeness (QED) is 0.793. The molecule has 0 atom stereocenters. The molecule has 1 heterocycles. The van der Waals surface area contributed by atoms with E-state index >= 15 is 0 Å². The predicted octanol–water partition coefficient (Wildman–Crippen LogP) is 4.22. The van der Waals surface area contributed by atoms with Crippen LogP contribution in [0.15, 0.2) is 30.5 Å². The highest BCUT2D eigenvalue weighted by Gasteiger charge is 2.19. The van der Waals surface area contributed by atoms with Crippen LogP contribution >= 0.6 is 11.6 Å². The highest BCUT2D eigenvalue weighted by Crippen LogP contribution is 2.28. The molecule has 0 saturated heterocycles. The Morgan fingerprint density at radius 2 is 2.10 bits per heavy atom. The van der Waals surface area contributed by atoms with Crippen molar-refractivity contribution < 1.29 is 9.18 Å². The maximum Gasteiger partial charge on any atom is 0.171 e. The summed E-state index contributed by atoms with van der Waals surface area (Å²) in [6.07, 6.45) is 6.76. The Balaban J connectivity index is 1.72. The summed E-state index contributed by atoms with van der Waals surface area (Å²) in [5.74, 6) is -0.858. The maximum atomic E-state index is 13.7. The number of ketones is 1. The summed E-state index contributed by atoms with van der Waals surface area (Å²) >= 11 is 5.69. The fourth-order valence-electron chi connectivity index (χ4n) is 2.82. The van der Waals surface area contributed by atoms with E-state index in [4.69, 9.17) is 11.6 Å². The molecule has 1 saturated carbocycles. The van der Waals surface area contributed by atoms with Gasteiger partial charge in [-0.3, -0.25) is 9.48 Å². The van der Waals surface area contributed by atoms with Gasteiger partial charge in [-0.25, -0.2) is 4.39 Å². The third kappa shape index (κ3) is 3.16. The zero-order valence-electron chi connectivity index (χ0n) is 11.6. The van der Waals surface area contributed by atoms with E-state index in [2.05, 4.69) is 5.10 Å². The number of hydrogen-bond donors (Lipinski definition) is 0. The van der Waals surface area contributed by atoms with E-state index in [9.17, 15) is 9.18 Å². The average molecular weight is 307 g/mol. The summed E-state index contributed by atoms with van der Waals surface area (Å²) in [5.41, 5.74) is 0.746. The first-order valence-corrected chi connectivity index (χ1v) is 7.53. The Hall–Kier alpha value is -1.68. The monoisotopic (exact) mass is 306 g/mol. The van der Waals surface area contributed by atoms with Crippen LogP contribution in [0.3, 0.4) is 0 Å². The number of Topliss-reactive ketones (excluding diaryl/α,β-unsaturated/α-hetero) is 1. The number of halogens is 2. The highest BCUT2D eigenvalue weighted by atomic mass is 35.5. The molecule has 0 radical (unpaired) electrons. The van der Waals surface area contributed by atoms with Gasteiger partial charge in [0.05, 0.1) is 23.7 Å². The van der Waals surface area contributed by atoms with Crippen LogP contribution in [0, 0.1) is 5.82 Å². The number of carbonyl (C=O) groups excluding carboxylic acids is 1. The largest absolute Gasteiger partial charge is 0.294 e. The number of rotatable bonds is 4. The number of carbonyl (C=O) groups is 1. The first-order chi connectivity index (χ1) is 10.1. The second-order valence-electron chi connectivity index (χ2n) is 5.45. The van der Waals surface area contributed by atoms with Crippen LogP contribution in [0.25, 0.3) is 0 Å². The Morgan fingerprint density at radius 1 is 1.33 bits per heavy atom. The smallest absolute Gasteiger partial charge is 0.171 e. The fraction of sp³-hybridized carbons (Fsp3) is 0.375. The van der Waals surface area contributed by atoms with Gasteiger partial charge in [0.2, 0.25) is 0 Å². The molecule has 21 heavy (non-hydrogen) atoms. The van der Waals surface area contributed by atoms with Gasteiger partial charge in [0, 0.05) is 11.2 Å². The minimum atomic E-state index is -0.581. The number of nitrogens with zero attached hydrogens (tertiary/aromatic N) is 2. The molecule has 0 aliphatic heterocycles. The van der Waals surface area contributed by atoms with Gasteiger partial charge in [-0.05, 0) is 37.1 Å². The van der Waals surface area contributed by atoms with Crippen LogP contribution in [0.4, 0.5) is 4.39 Å². The van der Waals surface area contributed by atoms with E-state index in [1.165, 1.54) is 25.0 Å². The molecule has 3 nitrogen and oxygen atoms in total. The lowest BCUT2D eigenvalue weighted by molar-refractivity contribution is 0.0988. The summed E-state index contributed by atoms with van der Waals surface area (Å²) in [5, 5.41) is 4.74. The normalized spacial score (nSPS) is 15.5. The molecule has 5 heteroatoms. The fourth-order valence-corrected chi connectivity index (χ4v) is 2.98. The van der Waals surface area contributed by atoms with E-state index in [-0.39, 0.29) is 22.8 Å². The zero-order chi connectivity index (χ0) is 14.8. The summed E-state index contributed by atoms with van der Waals surface area (Å²) in [4.78, 5) is 12.1. The van der Waals surface area contributed by atoms with Crippen LogP contribution in [0.5, 0.6) is 0 Å². The lowest BCUT2D eigenvalue weighted by Crippen LogP contribution is -2.09. The van der Waals surface area contributed by atoms with Gasteiger partial charge in [0.25, 0.3) is 0 Å². The Kier molecular flexibility index (Phi) is 4.06. The highest BCUT2D eigenvalue weighted by molar-refractivity contribution is 6.30. The maximum absolute atomic E-state index is 13.7. The van der Waals surface area contributed by atoms with Crippen LogP contribution in [-0.2, 0) is 6.42 Å². The summed E-state index contributed by atoms with van der Waals surface area (Å²) in [6, 6.07) is 6.39. The van der Waals surface area contributed by atoms with Crippen molar-refractivity contribution in [3.05, 3.63) is 52.6 Å². The van der Waals surface area contributed by atoms with Gasteiger partial charge in [0.15, 0.2) is 5.78 Å². The molecule has 2 aromatic rings. The van der Waals surface area contributed by atoms with Gasteiger partial charge in [-0.1, -0.05) is 24.4 Å². The Bertz CT molecular complexity index is 662. The van der Waals surface area contributed by atoms with Crippen LogP contribution in [-0.4, -0.2) is 15.6 Å². The molecule has 1 aliphatic carbocycles. The van der Waals surface area contributed by atoms with E-state index in [0.717, 1.165) is 18.9 Å². The van der Waals surface area contributed by atoms with E-state index in [0.29, 0.717) is 11.7 Å². The van der Waals surface area contributed by atoms with Crippen molar-refractivity contribution in [1.82, 2.24) is 9.78 Å². The van der Waals surface area contributed by atoms with Gasteiger partial charge >= 0.3 is 0 Å². The van der Waals surface area contributed by atoms with E-state index in [1.54, 1.807) is 0 Å². The second kappa shape index (κ2) is 5.98. The SMILES string of the molecule is O=C(Cc1ccn(C2CCCC2)n1)c1ccc(Cl)cc1F. The van der Waals surface area contributed by atoms with Gasteiger partial charge in [-0.15, -0.1) is 0 Å². The molecule has 0 amide bonds. The van der Waals surface area contributed by atoms with Crippen molar-refractivity contribution in [2.45, 2.75) is 38.1 Å². The molecule has 0 spiro atoms. The molecular weight excluding hydrogens is 291 g/mol. The predicted molar refractivity (Wildman–Crippen MR) is 79.2 cm³/mol. The number of aromatic nitrogens is 2. The molecule has 0 bridgehead atoms. The number of hydrogen-bond acceptors (Lipinski definition) is 2. The van der Waals surface area contributed by atoms with Crippen LogP contribution in [0.1, 0.15) is 47.8 Å². The lowest BCUT2D eigenvalue weighted by Gasteiger charge is -2.08. The first kappa shape index (κ1) is 14.3. The van der Waals surface area contributed by atoms with Crippen molar-refractivity contribution in [1.29, 1.82) is 0 Å². The van der Waals surface area contributed by atoms with Gasteiger partial charge in [0.1, 0.15) is 5.82 Å². The molecule has 0 N–H and O–H groups in total. The molecule has 1 aromatic carbocycles. The van der Waals surface area contributed by atoms with Crippen LogP contribution in [0.2, 0.25) is 5.02 Å². The summed E-state index contributed by atoms with van der Waals surface area (Å²) in [6.45, 7) is 0. The van der Waals surface area contributed by atoms with Gasteiger partial charge < -0.3 is 0 Å².